The van der Waals surface area contributed by atoms with Crippen molar-refractivity contribution < 1.29 is 19.4 Å². The third kappa shape index (κ3) is 3.28. The molecular formula is C19H25ClN2O4. The van der Waals surface area contributed by atoms with Gasteiger partial charge in [-0.05, 0) is 50.8 Å². The minimum absolute atomic E-state index is 0.0410. The molecule has 0 radical (unpaired) electrons. The van der Waals surface area contributed by atoms with Crippen LogP contribution in [-0.2, 0) is 4.79 Å². The van der Waals surface area contributed by atoms with Gasteiger partial charge in [-0.25, -0.2) is 0 Å². The van der Waals surface area contributed by atoms with Crippen molar-refractivity contribution in [3.63, 3.8) is 0 Å². The van der Waals surface area contributed by atoms with E-state index in [-0.39, 0.29) is 18.4 Å². The molecular weight excluding hydrogens is 356 g/mol. The Kier molecular flexibility index (Phi) is 5.73. The predicted molar refractivity (Wildman–Crippen MR) is 98.5 cm³/mol. The van der Waals surface area contributed by atoms with E-state index in [4.69, 9.17) is 16.3 Å². The summed E-state index contributed by atoms with van der Waals surface area (Å²) in [4.78, 5) is 29.6. The molecule has 0 aromatic heterocycles. The summed E-state index contributed by atoms with van der Waals surface area (Å²) >= 11 is 6.23. The third-order valence-corrected chi connectivity index (χ3v) is 5.58. The number of amides is 2. The number of hydrogen-bond acceptors (Lipinski definition) is 4. The largest absolute Gasteiger partial charge is 0.492 e. The molecule has 7 heteroatoms. The lowest BCUT2D eigenvalue weighted by molar-refractivity contribution is -0.146. The van der Waals surface area contributed by atoms with E-state index in [9.17, 15) is 14.7 Å². The van der Waals surface area contributed by atoms with E-state index in [2.05, 4.69) is 0 Å². The fourth-order valence-corrected chi connectivity index (χ4v) is 4.35. The van der Waals surface area contributed by atoms with Crippen molar-refractivity contribution in [2.24, 2.45) is 0 Å². The highest BCUT2D eigenvalue weighted by Crippen LogP contribution is 2.39. The number of carbonyl (C=O) groups is 2. The summed E-state index contributed by atoms with van der Waals surface area (Å²) in [6.45, 7) is 3.82. The van der Waals surface area contributed by atoms with Crippen molar-refractivity contribution in [2.45, 2.75) is 38.1 Å². The number of ether oxygens (including phenoxy) is 1. The van der Waals surface area contributed by atoms with E-state index in [1.54, 1.807) is 28.0 Å². The summed E-state index contributed by atoms with van der Waals surface area (Å²) < 4.78 is 5.42. The summed E-state index contributed by atoms with van der Waals surface area (Å²) in [5.74, 6) is 0.331. The molecule has 1 unspecified atom stereocenters. The monoisotopic (exact) mass is 380 g/mol. The highest BCUT2D eigenvalue weighted by atomic mass is 35.5. The van der Waals surface area contributed by atoms with Crippen LogP contribution in [0.1, 0.15) is 43.0 Å². The maximum Gasteiger partial charge on any atom is 0.254 e. The Morgan fingerprint density at radius 2 is 2.04 bits per heavy atom. The lowest BCUT2D eigenvalue weighted by Crippen LogP contribution is -2.61. The first-order chi connectivity index (χ1) is 12.5. The average molecular weight is 381 g/mol. The molecule has 1 N–H and O–H groups in total. The molecule has 1 aromatic rings. The molecule has 2 aliphatic rings. The average Bonchev–Trinajstić information content (AvgIpc) is 3.05. The number of aliphatic hydroxyl groups excluding tert-OH is 1. The molecule has 1 atom stereocenters. The van der Waals surface area contributed by atoms with Crippen LogP contribution in [0.2, 0.25) is 5.02 Å². The summed E-state index contributed by atoms with van der Waals surface area (Å²) in [6, 6.07) is 5.01. The Bertz CT molecular complexity index is 694. The standard InChI is InChI=1S/C19H25ClN2O4/c1-2-26-16-6-5-14(13-15(16)20)17(24)22-10-4-8-19(22)7-3-9-21(11-12-23)18(19)25/h5-6,13,23H,2-4,7-12H2,1H3. The number of nitrogens with zero attached hydrogens (tertiary/aromatic N) is 2. The van der Waals surface area contributed by atoms with E-state index < -0.39 is 5.54 Å². The number of likely N-dealkylation sites (tertiary alicyclic amines) is 2. The molecule has 2 heterocycles. The number of aliphatic hydroxyl groups is 1. The first kappa shape index (κ1) is 19.0. The number of β-amino-alcohol motifs (C(OH)–C–C–N with tert-alkyl or cyclic N) is 1. The van der Waals surface area contributed by atoms with Gasteiger partial charge in [0, 0.05) is 25.2 Å². The van der Waals surface area contributed by atoms with Gasteiger partial charge in [-0.3, -0.25) is 9.59 Å². The molecule has 2 fully saturated rings. The summed E-state index contributed by atoms with van der Waals surface area (Å²) in [7, 11) is 0. The van der Waals surface area contributed by atoms with Gasteiger partial charge in [0.2, 0.25) is 5.91 Å². The van der Waals surface area contributed by atoms with Crippen molar-refractivity contribution in [2.75, 3.05) is 32.8 Å². The van der Waals surface area contributed by atoms with Gasteiger partial charge in [-0.2, -0.15) is 0 Å². The summed E-state index contributed by atoms with van der Waals surface area (Å²) in [6.07, 6.45) is 2.98. The van der Waals surface area contributed by atoms with E-state index in [0.717, 1.165) is 12.8 Å². The maximum atomic E-state index is 13.2. The van der Waals surface area contributed by atoms with Gasteiger partial charge in [0.05, 0.1) is 18.2 Å². The van der Waals surface area contributed by atoms with Crippen LogP contribution in [0.3, 0.4) is 0 Å². The van der Waals surface area contributed by atoms with Gasteiger partial charge >= 0.3 is 0 Å². The predicted octanol–water partition coefficient (Wildman–Crippen LogP) is 2.33. The molecule has 6 nitrogen and oxygen atoms in total. The molecule has 142 valence electrons. The normalized spacial score (nSPS) is 23.0. The first-order valence-corrected chi connectivity index (χ1v) is 9.56. The summed E-state index contributed by atoms with van der Waals surface area (Å²) in [5.41, 5.74) is -0.318. The number of carbonyl (C=O) groups excluding carboxylic acids is 2. The molecule has 2 aliphatic heterocycles. The van der Waals surface area contributed by atoms with Crippen LogP contribution in [0.5, 0.6) is 5.75 Å². The van der Waals surface area contributed by atoms with Gasteiger partial charge in [0.1, 0.15) is 11.3 Å². The SMILES string of the molecule is CCOc1ccc(C(=O)N2CCCC23CCCN(CCO)C3=O)cc1Cl. The fraction of sp³-hybridized carbons (Fsp3) is 0.579. The van der Waals surface area contributed by atoms with Crippen LogP contribution in [0.15, 0.2) is 18.2 Å². The molecule has 2 amide bonds. The number of halogens is 1. The van der Waals surface area contributed by atoms with E-state index >= 15 is 0 Å². The Morgan fingerprint density at radius 1 is 1.31 bits per heavy atom. The minimum Gasteiger partial charge on any atom is -0.492 e. The minimum atomic E-state index is -0.782. The van der Waals surface area contributed by atoms with E-state index in [1.807, 2.05) is 6.92 Å². The van der Waals surface area contributed by atoms with Crippen LogP contribution in [-0.4, -0.2) is 65.1 Å². The van der Waals surface area contributed by atoms with Crippen molar-refractivity contribution >= 4 is 23.4 Å². The Labute approximate surface area is 158 Å². The van der Waals surface area contributed by atoms with Crippen molar-refractivity contribution in [3.05, 3.63) is 28.8 Å². The number of hydrogen-bond donors (Lipinski definition) is 1. The van der Waals surface area contributed by atoms with Crippen LogP contribution < -0.4 is 4.74 Å². The molecule has 26 heavy (non-hydrogen) atoms. The lowest BCUT2D eigenvalue weighted by Gasteiger charge is -2.44. The van der Waals surface area contributed by atoms with E-state index in [0.29, 0.717) is 55.4 Å². The van der Waals surface area contributed by atoms with Gasteiger partial charge in [-0.15, -0.1) is 0 Å². The number of benzene rings is 1. The van der Waals surface area contributed by atoms with Crippen LogP contribution in [0.4, 0.5) is 0 Å². The second-order valence-corrected chi connectivity index (χ2v) is 7.20. The summed E-state index contributed by atoms with van der Waals surface area (Å²) in [5, 5.41) is 9.61. The topological polar surface area (TPSA) is 70.1 Å². The second-order valence-electron chi connectivity index (χ2n) is 6.79. The zero-order valence-electron chi connectivity index (χ0n) is 15.0. The van der Waals surface area contributed by atoms with Crippen molar-refractivity contribution in [3.8, 4) is 5.75 Å². The highest BCUT2D eigenvalue weighted by Gasteiger charge is 2.52. The first-order valence-electron chi connectivity index (χ1n) is 9.18. The number of piperidine rings is 1. The van der Waals surface area contributed by atoms with Crippen LogP contribution in [0, 0.1) is 0 Å². The van der Waals surface area contributed by atoms with Gasteiger partial charge < -0.3 is 19.6 Å². The molecule has 1 aromatic carbocycles. The lowest BCUT2D eigenvalue weighted by atomic mass is 9.85. The fourth-order valence-electron chi connectivity index (χ4n) is 4.12. The molecule has 0 bridgehead atoms. The highest BCUT2D eigenvalue weighted by molar-refractivity contribution is 6.32. The number of rotatable bonds is 5. The van der Waals surface area contributed by atoms with E-state index in [1.165, 1.54) is 0 Å². The zero-order valence-corrected chi connectivity index (χ0v) is 15.8. The van der Waals surface area contributed by atoms with Gasteiger partial charge in [0.25, 0.3) is 5.91 Å². The Hall–Kier alpha value is -1.79. The molecule has 0 saturated carbocycles. The maximum absolute atomic E-state index is 13.2. The zero-order chi connectivity index (χ0) is 18.7. The van der Waals surface area contributed by atoms with Crippen molar-refractivity contribution in [1.82, 2.24) is 9.80 Å². The molecule has 2 saturated heterocycles. The molecule has 1 spiro atoms. The molecule has 0 aliphatic carbocycles. The quantitative estimate of drug-likeness (QED) is 0.851. The molecule has 3 rings (SSSR count). The Morgan fingerprint density at radius 3 is 2.69 bits per heavy atom. The van der Waals surface area contributed by atoms with Crippen molar-refractivity contribution in [1.29, 1.82) is 0 Å². The Balaban J connectivity index is 1.86. The third-order valence-electron chi connectivity index (χ3n) is 5.29. The van der Waals surface area contributed by atoms with Crippen LogP contribution in [0.25, 0.3) is 0 Å². The van der Waals surface area contributed by atoms with Gasteiger partial charge in [-0.1, -0.05) is 11.6 Å². The smallest absolute Gasteiger partial charge is 0.254 e. The second kappa shape index (κ2) is 7.84. The van der Waals surface area contributed by atoms with Gasteiger partial charge in [0.15, 0.2) is 0 Å². The van der Waals surface area contributed by atoms with Crippen LogP contribution >= 0.6 is 11.6 Å².